The van der Waals surface area contributed by atoms with Crippen LogP contribution < -0.4 is 0 Å². The first kappa shape index (κ1) is 13.1. The normalized spacial score (nSPS) is 53.5. The van der Waals surface area contributed by atoms with E-state index in [1.54, 1.807) is 0 Å². The Morgan fingerprint density at radius 1 is 1.42 bits per heavy atom. The number of ether oxygens (including phenoxy) is 1. The van der Waals surface area contributed by atoms with E-state index in [9.17, 15) is 15.0 Å². The van der Waals surface area contributed by atoms with Gasteiger partial charge in [0.2, 0.25) is 0 Å². The van der Waals surface area contributed by atoms with Crippen molar-refractivity contribution < 1.29 is 19.7 Å². The zero-order valence-corrected chi connectivity index (χ0v) is 11.5. The summed E-state index contributed by atoms with van der Waals surface area (Å²) in [6.07, 6.45) is 0.590. The number of esters is 1. The van der Waals surface area contributed by atoms with E-state index in [2.05, 4.69) is 6.58 Å². The van der Waals surface area contributed by atoms with Gasteiger partial charge >= 0.3 is 5.97 Å². The third-order valence-electron chi connectivity index (χ3n) is 5.65. The molecule has 0 aromatic rings. The van der Waals surface area contributed by atoms with E-state index in [0.29, 0.717) is 12.8 Å². The molecule has 1 aliphatic heterocycles. The quantitative estimate of drug-likeness (QED) is 0.512. The molecule has 2 aliphatic carbocycles. The van der Waals surface area contributed by atoms with Crippen molar-refractivity contribution >= 4 is 5.97 Å². The summed E-state index contributed by atoms with van der Waals surface area (Å²) in [6, 6.07) is 0. The molecule has 1 heterocycles. The summed E-state index contributed by atoms with van der Waals surface area (Å²) in [5, 5.41) is 20.8. The van der Waals surface area contributed by atoms with Gasteiger partial charge in [0.25, 0.3) is 0 Å². The Morgan fingerprint density at radius 2 is 2.11 bits per heavy atom. The standard InChI is InChI=1S/C15H22O4/c1-7-4-5-10(17)15(3)6-9(16)11-8(2)14(18)19-13(11)12(7)15/h8-13,16-17H,1,4-6H2,2-3H3/t8-,9+,10-,11-,12-,13+,15+/m0/s1. The lowest BCUT2D eigenvalue weighted by atomic mass is 9.53. The Labute approximate surface area is 113 Å². The highest BCUT2D eigenvalue weighted by Crippen LogP contribution is 2.57. The molecule has 1 saturated heterocycles. The minimum Gasteiger partial charge on any atom is -0.461 e. The van der Waals surface area contributed by atoms with Crippen LogP contribution in [0.25, 0.3) is 0 Å². The van der Waals surface area contributed by atoms with E-state index >= 15 is 0 Å². The van der Waals surface area contributed by atoms with E-state index in [0.717, 1.165) is 12.0 Å². The van der Waals surface area contributed by atoms with E-state index in [1.165, 1.54) is 0 Å². The SMILES string of the molecule is C=C1CC[C@H](O)[C@@]2(C)C[C@@H](O)[C@H]3[C@@H](OC(=O)[C@H]3C)[C@H]12. The van der Waals surface area contributed by atoms with Crippen LogP contribution in [0.2, 0.25) is 0 Å². The molecule has 3 aliphatic rings. The summed E-state index contributed by atoms with van der Waals surface area (Å²) in [6.45, 7) is 7.94. The van der Waals surface area contributed by atoms with Crippen molar-refractivity contribution in [2.24, 2.45) is 23.2 Å². The van der Waals surface area contributed by atoms with Crippen LogP contribution in [0, 0.1) is 23.2 Å². The zero-order chi connectivity index (χ0) is 13.9. The fourth-order valence-electron chi connectivity index (χ4n) is 4.54. The molecule has 0 amide bonds. The second-order valence-electron chi connectivity index (χ2n) is 6.74. The van der Waals surface area contributed by atoms with Crippen LogP contribution >= 0.6 is 0 Å². The lowest BCUT2D eigenvalue weighted by Gasteiger charge is -2.54. The van der Waals surface area contributed by atoms with Gasteiger partial charge in [-0.15, -0.1) is 0 Å². The molecule has 0 aromatic heterocycles. The van der Waals surface area contributed by atoms with Crippen LogP contribution in [-0.4, -0.2) is 34.5 Å². The van der Waals surface area contributed by atoms with Gasteiger partial charge in [0.05, 0.1) is 18.1 Å². The van der Waals surface area contributed by atoms with Crippen molar-refractivity contribution in [1.29, 1.82) is 0 Å². The first-order valence-corrected chi connectivity index (χ1v) is 7.10. The van der Waals surface area contributed by atoms with Crippen molar-refractivity contribution in [3.05, 3.63) is 12.2 Å². The first-order valence-electron chi connectivity index (χ1n) is 7.10. The molecule has 106 valence electrons. The lowest BCUT2D eigenvalue weighted by Crippen LogP contribution is -2.57. The number of carbonyl (C=O) groups is 1. The summed E-state index contributed by atoms with van der Waals surface area (Å²) >= 11 is 0. The van der Waals surface area contributed by atoms with Gasteiger partial charge in [-0.2, -0.15) is 0 Å². The lowest BCUT2D eigenvalue weighted by molar-refractivity contribution is -0.161. The van der Waals surface area contributed by atoms with E-state index in [1.807, 2.05) is 13.8 Å². The average Bonchev–Trinajstić information content (AvgIpc) is 2.61. The zero-order valence-electron chi connectivity index (χ0n) is 11.5. The molecule has 0 spiro atoms. The molecule has 0 radical (unpaired) electrons. The minimum absolute atomic E-state index is 0.0291. The number of aliphatic hydroxyl groups is 2. The van der Waals surface area contributed by atoms with Crippen molar-refractivity contribution in [1.82, 2.24) is 0 Å². The molecule has 0 bridgehead atoms. The summed E-state index contributed by atoms with van der Waals surface area (Å²) in [7, 11) is 0. The minimum atomic E-state index is -0.590. The predicted molar refractivity (Wildman–Crippen MR) is 69.1 cm³/mol. The fourth-order valence-corrected chi connectivity index (χ4v) is 4.54. The third kappa shape index (κ3) is 1.62. The van der Waals surface area contributed by atoms with Crippen molar-refractivity contribution in [3.63, 3.8) is 0 Å². The molecule has 7 atom stereocenters. The molecular formula is C15H22O4. The van der Waals surface area contributed by atoms with Crippen LogP contribution in [0.3, 0.4) is 0 Å². The molecule has 3 fully saturated rings. The van der Waals surface area contributed by atoms with Gasteiger partial charge in [0.1, 0.15) is 6.10 Å². The molecule has 4 nitrogen and oxygen atoms in total. The molecule has 4 heteroatoms. The third-order valence-corrected chi connectivity index (χ3v) is 5.65. The highest BCUT2D eigenvalue weighted by Gasteiger charge is 2.61. The van der Waals surface area contributed by atoms with Gasteiger partial charge < -0.3 is 14.9 Å². The smallest absolute Gasteiger partial charge is 0.309 e. The van der Waals surface area contributed by atoms with Gasteiger partial charge in [0.15, 0.2) is 0 Å². The highest BCUT2D eigenvalue weighted by atomic mass is 16.6. The first-order chi connectivity index (χ1) is 8.86. The molecule has 3 rings (SSSR count). The monoisotopic (exact) mass is 266 g/mol. The topological polar surface area (TPSA) is 66.8 Å². The highest BCUT2D eigenvalue weighted by molar-refractivity contribution is 5.75. The van der Waals surface area contributed by atoms with Crippen LogP contribution in [0.4, 0.5) is 0 Å². The number of hydrogen-bond donors (Lipinski definition) is 2. The Kier molecular flexibility index (Phi) is 2.81. The summed E-state index contributed by atoms with van der Waals surface area (Å²) in [5.41, 5.74) is 0.622. The van der Waals surface area contributed by atoms with Crippen LogP contribution in [0.1, 0.15) is 33.1 Å². The van der Waals surface area contributed by atoms with E-state index in [-0.39, 0.29) is 29.8 Å². The Balaban J connectivity index is 2.02. The summed E-state index contributed by atoms with van der Waals surface area (Å²) in [5.74, 6) is -0.686. The largest absolute Gasteiger partial charge is 0.461 e. The van der Waals surface area contributed by atoms with Crippen LogP contribution in [0.15, 0.2) is 12.2 Å². The Hall–Kier alpha value is -0.870. The second-order valence-corrected chi connectivity index (χ2v) is 6.74. The van der Waals surface area contributed by atoms with Crippen LogP contribution in [-0.2, 0) is 9.53 Å². The van der Waals surface area contributed by atoms with E-state index in [4.69, 9.17) is 4.74 Å². The number of carbonyl (C=O) groups excluding carboxylic acids is 1. The molecule has 0 unspecified atom stereocenters. The second kappa shape index (κ2) is 4.06. The average molecular weight is 266 g/mol. The molecule has 2 saturated carbocycles. The number of hydrogen-bond acceptors (Lipinski definition) is 4. The van der Waals surface area contributed by atoms with Crippen LogP contribution in [0.5, 0.6) is 0 Å². The van der Waals surface area contributed by atoms with Gasteiger partial charge in [-0.25, -0.2) is 0 Å². The summed E-state index contributed by atoms with van der Waals surface area (Å²) in [4.78, 5) is 11.8. The molecule has 2 N–H and O–H groups in total. The Bertz CT molecular complexity index is 432. The van der Waals surface area contributed by atoms with Gasteiger partial charge in [-0.05, 0) is 19.3 Å². The van der Waals surface area contributed by atoms with Crippen molar-refractivity contribution in [3.8, 4) is 0 Å². The number of fused-ring (bicyclic) bond motifs is 3. The predicted octanol–water partition coefficient (Wildman–Crippen LogP) is 1.26. The van der Waals surface area contributed by atoms with Crippen molar-refractivity contribution in [2.75, 3.05) is 0 Å². The fraction of sp³-hybridized carbons (Fsp3) is 0.800. The molecule has 0 aromatic carbocycles. The maximum Gasteiger partial charge on any atom is 0.309 e. The summed E-state index contributed by atoms with van der Waals surface area (Å²) < 4.78 is 5.53. The molecular weight excluding hydrogens is 244 g/mol. The Morgan fingerprint density at radius 3 is 2.79 bits per heavy atom. The molecule has 19 heavy (non-hydrogen) atoms. The number of aliphatic hydroxyl groups excluding tert-OH is 2. The maximum atomic E-state index is 11.8. The van der Waals surface area contributed by atoms with E-state index < -0.39 is 17.6 Å². The number of rotatable bonds is 0. The van der Waals surface area contributed by atoms with Gasteiger partial charge in [0, 0.05) is 17.3 Å². The van der Waals surface area contributed by atoms with Crippen molar-refractivity contribution in [2.45, 2.75) is 51.4 Å². The van der Waals surface area contributed by atoms with Gasteiger partial charge in [-0.1, -0.05) is 26.0 Å². The maximum absolute atomic E-state index is 11.8. The van der Waals surface area contributed by atoms with Gasteiger partial charge in [-0.3, -0.25) is 4.79 Å².